The Bertz CT molecular complexity index is 201. The molecule has 94 valence electrons. The summed E-state index contributed by atoms with van der Waals surface area (Å²) in [6.07, 6.45) is 8.14. The summed E-state index contributed by atoms with van der Waals surface area (Å²) >= 11 is 0. The molecule has 0 saturated carbocycles. The van der Waals surface area contributed by atoms with Crippen molar-refractivity contribution in [1.82, 2.24) is 5.32 Å². The van der Waals surface area contributed by atoms with Crippen LogP contribution in [0, 0.1) is 11.8 Å². The van der Waals surface area contributed by atoms with Gasteiger partial charge in [-0.15, -0.1) is 0 Å². The minimum absolute atomic E-state index is 0.587. The Balaban J connectivity index is 1.96. The zero-order valence-electron chi connectivity index (χ0n) is 11.0. The summed E-state index contributed by atoms with van der Waals surface area (Å²) in [6.45, 7) is 9.59. The van der Waals surface area contributed by atoms with Crippen molar-refractivity contribution in [2.75, 3.05) is 19.8 Å². The Labute approximate surface area is 100 Å². The fourth-order valence-corrected chi connectivity index (χ4v) is 2.04. The standard InChI is InChI=1S/C14H27NO/c1-12(2)15-9-6-10-16-11-14-8-5-4-7-13(14)3/h4-5,12-15H,6-11H2,1-3H3. The van der Waals surface area contributed by atoms with Crippen molar-refractivity contribution in [2.24, 2.45) is 11.8 Å². The highest BCUT2D eigenvalue weighted by atomic mass is 16.5. The van der Waals surface area contributed by atoms with Gasteiger partial charge in [0.25, 0.3) is 0 Å². The van der Waals surface area contributed by atoms with Gasteiger partial charge in [0.05, 0.1) is 0 Å². The molecule has 2 unspecified atom stereocenters. The number of hydrogen-bond acceptors (Lipinski definition) is 2. The van der Waals surface area contributed by atoms with E-state index in [4.69, 9.17) is 4.74 Å². The van der Waals surface area contributed by atoms with Crippen molar-refractivity contribution < 1.29 is 4.74 Å². The van der Waals surface area contributed by atoms with E-state index in [0.29, 0.717) is 6.04 Å². The van der Waals surface area contributed by atoms with Gasteiger partial charge in [-0.2, -0.15) is 0 Å². The van der Waals surface area contributed by atoms with Crippen LogP contribution in [-0.2, 0) is 4.74 Å². The fourth-order valence-electron chi connectivity index (χ4n) is 2.04. The minimum atomic E-state index is 0.587. The van der Waals surface area contributed by atoms with Gasteiger partial charge in [-0.05, 0) is 37.6 Å². The Hall–Kier alpha value is -0.340. The zero-order valence-corrected chi connectivity index (χ0v) is 11.0. The number of rotatable bonds is 7. The summed E-state index contributed by atoms with van der Waals surface area (Å²) in [6, 6.07) is 0.587. The lowest BCUT2D eigenvalue weighted by Crippen LogP contribution is -2.25. The van der Waals surface area contributed by atoms with Gasteiger partial charge in [0.1, 0.15) is 0 Å². The molecule has 0 saturated heterocycles. The maximum atomic E-state index is 5.75. The molecule has 1 N–H and O–H groups in total. The van der Waals surface area contributed by atoms with Crippen molar-refractivity contribution >= 4 is 0 Å². The monoisotopic (exact) mass is 225 g/mol. The number of nitrogens with one attached hydrogen (secondary N) is 1. The summed E-state index contributed by atoms with van der Waals surface area (Å²) in [5.74, 6) is 1.53. The van der Waals surface area contributed by atoms with Crippen LogP contribution < -0.4 is 5.32 Å². The molecule has 0 bridgehead atoms. The van der Waals surface area contributed by atoms with Crippen LogP contribution in [-0.4, -0.2) is 25.8 Å². The van der Waals surface area contributed by atoms with E-state index in [1.807, 2.05) is 0 Å². The highest BCUT2D eigenvalue weighted by molar-refractivity contribution is 4.93. The van der Waals surface area contributed by atoms with Crippen molar-refractivity contribution in [3.8, 4) is 0 Å². The third-order valence-electron chi connectivity index (χ3n) is 3.27. The summed E-state index contributed by atoms with van der Waals surface area (Å²) in [4.78, 5) is 0. The molecule has 0 spiro atoms. The first kappa shape index (κ1) is 13.7. The van der Waals surface area contributed by atoms with E-state index >= 15 is 0 Å². The first-order chi connectivity index (χ1) is 7.70. The van der Waals surface area contributed by atoms with E-state index in [0.717, 1.165) is 38.0 Å². The molecular weight excluding hydrogens is 198 g/mol. The van der Waals surface area contributed by atoms with Gasteiger partial charge >= 0.3 is 0 Å². The summed E-state index contributed by atoms with van der Waals surface area (Å²) in [5.41, 5.74) is 0. The lowest BCUT2D eigenvalue weighted by Gasteiger charge is -2.24. The van der Waals surface area contributed by atoms with Gasteiger partial charge in [-0.3, -0.25) is 0 Å². The quantitative estimate of drug-likeness (QED) is 0.531. The second kappa shape index (κ2) is 7.86. The highest BCUT2D eigenvalue weighted by Gasteiger charge is 2.17. The third-order valence-corrected chi connectivity index (χ3v) is 3.27. The molecule has 0 fully saturated rings. The van der Waals surface area contributed by atoms with Crippen molar-refractivity contribution in [1.29, 1.82) is 0 Å². The van der Waals surface area contributed by atoms with Crippen molar-refractivity contribution in [2.45, 2.75) is 46.1 Å². The highest BCUT2D eigenvalue weighted by Crippen LogP contribution is 2.24. The normalized spacial score (nSPS) is 25.2. The number of hydrogen-bond donors (Lipinski definition) is 1. The van der Waals surface area contributed by atoms with Crippen molar-refractivity contribution in [3.63, 3.8) is 0 Å². The summed E-state index contributed by atoms with van der Waals surface area (Å²) in [5, 5.41) is 3.40. The zero-order chi connectivity index (χ0) is 11.8. The largest absolute Gasteiger partial charge is 0.381 e. The molecule has 1 rings (SSSR count). The van der Waals surface area contributed by atoms with Crippen molar-refractivity contribution in [3.05, 3.63) is 12.2 Å². The van der Waals surface area contributed by atoms with Crippen LogP contribution in [0.5, 0.6) is 0 Å². The maximum absolute atomic E-state index is 5.75. The second-order valence-electron chi connectivity index (χ2n) is 5.22. The average molecular weight is 225 g/mol. The van der Waals surface area contributed by atoms with Gasteiger partial charge in [-0.25, -0.2) is 0 Å². The molecule has 16 heavy (non-hydrogen) atoms. The molecular formula is C14H27NO. The van der Waals surface area contributed by atoms with E-state index < -0.39 is 0 Å². The van der Waals surface area contributed by atoms with Crippen LogP contribution in [0.2, 0.25) is 0 Å². The smallest absolute Gasteiger partial charge is 0.0499 e. The second-order valence-corrected chi connectivity index (χ2v) is 5.22. The van der Waals surface area contributed by atoms with Crippen LogP contribution in [0.15, 0.2) is 12.2 Å². The fraction of sp³-hybridized carbons (Fsp3) is 0.857. The van der Waals surface area contributed by atoms with Gasteiger partial charge in [0.15, 0.2) is 0 Å². The van der Waals surface area contributed by atoms with Gasteiger partial charge in [0.2, 0.25) is 0 Å². The van der Waals surface area contributed by atoms with E-state index in [2.05, 4.69) is 38.2 Å². The predicted octanol–water partition coefficient (Wildman–Crippen LogP) is 2.99. The molecule has 0 amide bonds. The third kappa shape index (κ3) is 5.66. The summed E-state index contributed by atoms with van der Waals surface area (Å²) < 4.78 is 5.75. The predicted molar refractivity (Wildman–Crippen MR) is 69.6 cm³/mol. The van der Waals surface area contributed by atoms with E-state index in [1.54, 1.807) is 0 Å². The Morgan fingerprint density at radius 3 is 2.75 bits per heavy atom. The average Bonchev–Trinajstić information content (AvgIpc) is 2.25. The molecule has 1 aliphatic rings. The van der Waals surface area contributed by atoms with Crippen LogP contribution in [0.25, 0.3) is 0 Å². The van der Waals surface area contributed by atoms with Gasteiger partial charge in [0, 0.05) is 19.3 Å². The van der Waals surface area contributed by atoms with Gasteiger partial charge in [-0.1, -0.05) is 32.9 Å². The first-order valence-corrected chi connectivity index (χ1v) is 6.66. The van der Waals surface area contributed by atoms with Crippen LogP contribution in [0.4, 0.5) is 0 Å². The molecule has 1 aliphatic carbocycles. The van der Waals surface area contributed by atoms with Gasteiger partial charge < -0.3 is 10.1 Å². The Morgan fingerprint density at radius 1 is 1.31 bits per heavy atom. The van der Waals surface area contributed by atoms with Crippen LogP contribution in [0.3, 0.4) is 0 Å². The SMILES string of the molecule is CC(C)NCCCOCC1CC=CCC1C. The Morgan fingerprint density at radius 2 is 2.06 bits per heavy atom. The van der Waals surface area contributed by atoms with E-state index in [1.165, 1.54) is 12.8 Å². The van der Waals surface area contributed by atoms with E-state index in [-0.39, 0.29) is 0 Å². The molecule has 0 heterocycles. The Kier molecular flexibility index (Phi) is 6.74. The number of ether oxygens (including phenoxy) is 1. The molecule has 0 aromatic rings. The van der Waals surface area contributed by atoms with E-state index in [9.17, 15) is 0 Å². The molecule has 0 radical (unpaired) electrons. The molecule has 2 atom stereocenters. The topological polar surface area (TPSA) is 21.3 Å². The molecule has 0 aromatic carbocycles. The van der Waals surface area contributed by atoms with Crippen LogP contribution >= 0.6 is 0 Å². The minimum Gasteiger partial charge on any atom is -0.381 e. The lowest BCUT2D eigenvalue weighted by atomic mass is 9.85. The number of allylic oxidation sites excluding steroid dienone is 2. The summed E-state index contributed by atoms with van der Waals surface area (Å²) in [7, 11) is 0. The lowest BCUT2D eigenvalue weighted by molar-refractivity contribution is 0.0775. The molecule has 0 aliphatic heterocycles. The maximum Gasteiger partial charge on any atom is 0.0499 e. The molecule has 0 aromatic heterocycles. The van der Waals surface area contributed by atoms with Crippen LogP contribution in [0.1, 0.15) is 40.0 Å². The molecule has 2 heteroatoms. The molecule has 2 nitrogen and oxygen atoms in total. The first-order valence-electron chi connectivity index (χ1n) is 6.66.